The molecule has 0 saturated carbocycles. The van der Waals surface area contributed by atoms with Gasteiger partial charge >= 0.3 is 0 Å². The van der Waals surface area contributed by atoms with Crippen LogP contribution in [0, 0.1) is 5.92 Å². The number of aliphatic imine (C=N–C) groups is 1. The Morgan fingerprint density at radius 2 is 2.06 bits per heavy atom. The molecule has 108 valence electrons. The van der Waals surface area contributed by atoms with Crippen LogP contribution >= 0.6 is 47.5 Å². The van der Waals surface area contributed by atoms with Crippen molar-refractivity contribution in [2.75, 3.05) is 42.6 Å². The van der Waals surface area contributed by atoms with E-state index >= 15 is 0 Å². The summed E-state index contributed by atoms with van der Waals surface area (Å²) in [5.74, 6) is 6.35. The molecule has 2 N–H and O–H groups in total. The number of guanidine groups is 1. The van der Waals surface area contributed by atoms with Gasteiger partial charge in [-0.15, -0.1) is 24.0 Å². The number of halogens is 1. The van der Waals surface area contributed by atoms with Crippen molar-refractivity contribution in [3.05, 3.63) is 0 Å². The van der Waals surface area contributed by atoms with Gasteiger partial charge in [0.2, 0.25) is 0 Å². The first-order valence-corrected chi connectivity index (χ1v) is 8.71. The summed E-state index contributed by atoms with van der Waals surface area (Å²) in [4.78, 5) is 6.67. The standard InChI is InChI=1S/C12H25N3S2.HI/c1-11(2)10-17-7-3-4-14-12(13)15-5-8-16-9-6-15;/h11H,3-10H2,1-2H3,(H2,13,14);1H. The molecule has 0 atom stereocenters. The molecule has 0 amide bonds. The Bertz CT molecular complexity index is 231. The molecule has 1 aliphatic rings. The Kier molecular flexibility index (Phi) is 12.0. The third-order valence-electron chi connectivity index (χ3n) is 2.51. The van der Waals surface area contributed by atoms with Crippen LogP contribution in [0.1, 0.15) is 20.3 Å². The molecule has 0 radical (unpaired) electrons. The predicted molar refractivity (Wildman–Crippen MR) is 97.6 cm³/mol. The van der Waals surface area contributed by atoms with Gasteiger partial charge in [-0.05, 0) is 23.8 Å². The number of nitrogens with two attached hydrogens (primary N) is 1. The lowest BCUT2D eigenvalue weighted by Gasteiger charge is -2.27. The Morgan fingerprint density at radius 3 is 2.67 bits per heavy atom. The predicted octanol–water partition coefficient (Wildman–Crippen LogP) is 2.75. The van der Waals surface area contributed by atoms with Crippen LogP contribution in [0.2, 0.25) is 0 Å². The highest BCUT2D eigenvalue weighted by molar-refractivity contribution is 14.0. The van der Waals surface area contributed by atoms with E-state index in [-0.39, 0.29) is 24.0 Å². The van der Waals surface area contributed by atoms with Crippen LogP contribution in [0.25, 0.3) is 0 Å². The van der Waals surface area contributed by atoms with Crippen molar-refractivity contribution in [3.8, 4) is 0 Å². The summed E-state index contributed by atoms with van der Waals surface area (Å²) in [5.41, 5.74) is 5.97. The van der Waals surface area contributed by atoms with Crippen LogP contribution in [0.15, 0.2) is 4.99 Å². The molecular formula is C12H26IN3S2. The minimum absolute atomic E-state index is 0. The maximum absolute atomic E-state index is 5.97. The number of rotatable bonds is 6. The number of nitrogens with zero attached hydrogens (tertiary/aromatic N) is 2. The lowest BCUT2D eigenvalue weighted by molar-refractivity contribution is 0.456. The lowest BCUT2D eigenvalue weighted by atomic mass is 10.3. The highest BCUT2D eigenvalue weighted by Gasteiger charge is 2.11. The highest BCUT2D eigenvalue weighted by Crippen LogP contribution is 2.10. The summed E-state index contributed by atoms with van der Waals surface area (Å²) >= 11 is 4.02. The van der Waals surface area contributed by atoms with Crippen molar-refractivity contribution in [1.29, 1.82) is 0 Å². The van der Waals surface area contributed by atoms with Gasteiger partial charge in [0.1, 0.15) is 0 Å². The van der Waals surface area contributed by atoms with Crippen LogP contribution in [0.5, 0.6) is 0 Å². The zero-order valence-corrected chi connectivity index (χ0v) is 15.4. The summed E-state index contributed by atoms with van der Waals surface area (Å²) in [6.07, 6.45) is 1.14. The van der Waals surface area contributed by atoms with Gasteiger partial charge < -0.3 is 10.6 Å². The summed E-state index contributed by atoms with van der Waals surface area (Å²) in [6, 6.07) is 0. The van der Waals surface area contributed by atoms with Crippen LogP contribution in [0.4, 0.5) is 0 Å². The van der Waals surface area contributed by atoms with Crippen molar-refractivity contribution < 1.29 is 0 Å². The molecule has 0 aromatic rings. The van der Waals surface area contributed by atoms with Crippen molar-refractivity contribution in [2.45, 2.75) is 20.3 Å². The van der Waals surface area contributed by atoms with E-state index in [2.05, 4.69) is 23.7 Å². The molecule has 18 heavy (non-hydrogen) atoms. The van der Waals surface area contributed by atoms with Crippen molar-refractivity contribution in [1.82, 2.24) is 4.90 Å². The number of hydrogen-bond donors (Lipinski definition) is 1. The quantitative estimate of drug-likeness (QED) is 0.321. The van der Waals surface area contributed by atoms with Crippen LogP contribution in [-0.4, -0.2) is 53.5 Å². The maximum Gasteiger partial charge on any atom is 0.191 e. The Hall–Kier alpha value is 0.700. The molecular weight excluding hydrogens is 377 g/mol. The Morgan fingerprint density at radius 1 is 1.39 bits per heavy atom. The number of hydrogen-bond acceptors (Lipinski definition) is 3. The van der Waals surface area contributed by atoms with E-state index in [1.54, 1.807) is 0 Å². The molecule has 0 aliphatic carbocycles. The molecule has 0 aromatic carbocycles. The molecule has 0 spiro atoms. The first-order chi connectivity index (χ1) is 8.20. The SMILES string of the molecule is CC(C)CSCCCN=C(N)N1CCSCC1.I. The zero-order valence-electron chi connectivity index (χ0n) is 11.4. The van der Waals surface area contributed by atoms with Gasteiger partial charge in [-0.1, -0.05) is 13.8 Å². The van der Waals surface area contributed by atoms with Gasteiger partial charge in [-0.2, -0.15) is 23.5 Å². The fraction of sp³-hybridized carbons (Fsp3) is 0.917. The Labute approximate surface area is 137 Å². The van der Waals surface area contributed by atoms with Crippen LogP contribution in [-0.2, 0) is 0 Å². The summed E-state index contributed by atoms with van der Waals surface area (Å²) in [6.45, 7) is 7.51. The van der Waals surface area contributed by atoms with Crippen LogP contribution < -0.4 is 5.73 Å². The van der Waals surface area contributed by atoms with Gasteiger partial charge in [0.25, 0.3) is 0 Å². The van der Waals surface area contributed by atoms with Gasteiger partial charge in [-0.25, -0.2) is 0 Å². The topological polar surface area (TPSA) is 41.6 Å². The summed E-state index contributed by atoms with van der Waals surface area (Å²) in [5, 5.41) is 0. The number of thioether (sulfide) groups is 2. The van der Waals surface area contributed by atoms with E-state index < -0.39 is 0 Å². The monoisotopic (exact) mass is 403 g/mol. The van der Waals surface area contributed by atoms with Gasteiger partial charge in [0.05, 0.1) is 0 Å². The molecule has 0 unspecified atom stereocenters. The smallest absolute Gasteiger partial charge is 0.191 e. The van der Waals surface area contributed by atoms with E-state index in [4.69, 9.17) is 5.73 Å². The second kappa shape index (κ2) is 11.5. The average Bonchev–Trinajstić information content (AvgIpc) is 2.34. The second-order valence-corrected chi connectivity index (χ2v) is 7.04. The van der Waals surface area contributed by atoms with Gasteiger partial charge in [-0.3, -0.25) is 4.99 Å². The van der Waals surface area contributed by atoms with E-state index in [9.17, 15) is 0 Å². The summed E-state index contributed by atoms with van der Waals surface area (Å²) in [7, 11) is 0. The highest BCUT2D eigenvalue weighted by atomic mass is 127. The summed E-state index contributed by atoms with van der Waals surface area (Å²) < 4.78 is 0. The van der Waals surface area contributed by atoms with Gasteiger partial charge in [0.15, 0.2) is 5.96 Å². The lowest BCUT2D eigenvalue weighted by Crippen LogP contribution is -2.42. The van der Waals surface area contributed by atoms with Crippen molar-refractivity contribution >= 4 is 53.5 Å². The Balaban J connectivity index is 0.00000289. The fourth-order valence-electron chi connectivity index (χ4n) is 1.57. The molecule has 1 fully saturated rings. The molecule has 1 heterocycles. The molecule has 0 aromatic heterocycles. The minimum atomic E-state index is 0. The first-order valence-electron chi connectivity index (χ1n) is 6.40. The molecule has 1 saturated heterocycles. The molecule has 0 bridgehead atoms. The average molecular weight is 403 g/mol. The molecule has 3 nitrogen and oxygen atoms in total. The molecule has 6 heteroatoms. The molecule has 1 rings (SSSR count). The minimum Gasteiger partial charge on any atom is -0.370 e. The van der Waals surface area contributed by atoms with Crippen molar-refractivity contribution in [3.63, 3.8) is 0 Å². The van der Waals surface area contributed by atoms with E-state index in [0.717, 1.165) is 37.9 Å². The first kappa shape index (κ1) is 18.7. The third-order valence-corrected chi connectivity index (χ3v) is 4.93. The van der Waals surface area contributed by atoms with Crippen molar-refractivity contribution in [2.24, 2.45) is 16.6 Å². The van der Waals surface area contributed by atoms with E-state index in [1.165, 1.54) is 23.0 Å². The maximum atomic E-state index is 5.97. The molecule has 1 aliphatic heterocycles. The van der Waals surface area contributed by atoms with E-state index in [1.807, 2.05) is 23.5 Å². The van der Waals surface area contributed by atoms with Crippen LogP contribution in [0.3, 0.4) is 0 Å². The third kappa shape index (κ3) is 8.74. The van der Waals surface area contributed by atoms with Gasteiger partial charge in [0, 0.05) is 31.1 Å². The second-order valence-electron chi connectivity index (χ2n) is 4.66. The normalized spacial score (nSPS) is 16.8. The van der Waals surface area contributed by atoms with E-state index in [0.29, 0.717) is 0 Å². The largest absolute Gasteiger partial charge is 0.370 e. The zero-order chi connectivity index (χ0) is 12.5. The fourth-order valence-corrected chi connectivity index (χ4v) is 3.45.